The highest BCUT2D eigenvalue weighted by Crippen LogP contribution is 2.47. The van der Waals surface area contributed by atoms with Gasteiger partial charge in [0.2, 0.25) is 0 Å². The lowest BCUT2D eigenvalue weighted by Gasteiger charge is -2.18. The minimum absolute atomic E-state index is 0.0219. The maximum Gasteiger partial charge on any atom is 0.474 e. The molecule has 1 aromatic carbocycles. The van der Waals surface area contributed by atoms with Gasteiger partial charge in [-0.05, 0) is 18.2 Å². The summed E-state index contributed by atoms with van der Waals surface area (Å²) in [6, 6.07) is 8.80. The molecule has 162 valence electrons. The zero-order chi connectivity index (χ0) is 21.8. The predicted octanol–water partition coefficient (Wildman–Crippen LogP) is 2.95. The van der Waals surface area contributed by atoms with Gasteiger partial charge in [-0.1, -0.05) is 24.3 Å². The fourth-order valence-corrected chi connectivity index (χ4v) is 3.67. The first-order chi connectivity index (χ1) is 15.0. The van der Waals surface area contributed by atoms with Crippen LogP contribution in [0.15, 0.2) is 55.1 Å². The normalized spacial score (nSPS) is 18.5. The number of rotatable bonds is 8. The molecule has 1 amide bonds. The number of hydrogen-bond acceptors (Lipinski definition) is 9. The summed E-state index contributed by atoms with van der Waals surface area (Å²) in [6.07, 6.45) is 5.46. The third kappa shape index (κ3) is 4.55. The van der Waals surface area contributed by atoms with Crippen molar-refractivity contribution in [3.05, 3.63) is 60.7 Å². The van der Waals surface area contributed by atoms with E-state index in [1.807, 2.05) is 6.07 Å². The Morgan fingerprint density at radius 2 is 1.94 bits per heavy atom. The number of carbonyl (C=O) groups is 1. The van der Waals surface area contributed by atoms with Crippen LogP contribution >= 0.6 is 7.82 Å². The molecular weight excluding hydrogens is 425 g/mol. The maximum absolute atomic E-state index is 12.5. The molecule has 31 heavy (non-hydrogen) atoms. The number of amides is 1. The second kappa shape index (κ2) is 9.04. The molecule has 0 aliphatic carbocycles. The van der Waals surface area contributed by atoms with Gasteiger partial charge in [0.1, 0.15) is 12.4 Å². The fraction of sp³-hybridized carbons (Fsp3) is 0.263. The first kappa shape index (κ1) is 21.3. The van der Waals surface area contributed by atoms with Crippen molar-refractivity contribution in [1.29, 1.82) is 0 Å². The van der Waals surface area contributed by atoms with Gasteiger partial charge in [0.05, 0.1) is 12.9 Å². The molecule has 0 bridgehead atoms. The molecule has 12 heteroatoms. The average molecular weight is 445 g/mol. The lowest BCUT2D eigenvalue weighted by atomic mass is 10.2. The van der Waals surface area contributed by atoms with Crippen molar-refractivity contribution in [1.82, 2.24) is 19.5 Å². The Bertz CT molecular complexity index is 1140. The molecular formula is C19H20N5O6P. The van der Waals surface area contributed by atoms with Gasteiger partial charge in [0, 0.05) is 19.8 Å². The maximum atomic E-state index is 12.5. The lowest BCUT2D eigenvalue weighted by Crippen LogP contribution is -2.17. The predicted molar refractivity (Wildman–Crippen MR) is 110 cm³/mol. The number of phosphoric ester groups is 1. The molecule has 0 saturated carbocycles. The van der Waals surface area contributed by atoms with Crippen molar-refractivity contribution < 1.29 is 27.7 Å². The number of hydrogen-bond donors (Lipinski definition) is 1. The topological polar surface area (TPSA) is 127 Å². The van der Waals surface area contributed by atoms with E-state index in [0.717, 1.165) is 0 Å². The smallest absolute Gasteiger partial charge is 0.345 e. The summed E-state index contributed by atoms with van der Waals surface area (Å²) in [6.45, 7) is -0.0219. The average Bonchev–Trinajstić information content (AvgIpc) is 3.45. The Balaban J connectivity index is 1.48. The third-order valence-electron chi connectivity index (χ3n) is 4.55. The minimum Gasteiger partial charge on any atom is -0.345 e. The van der Waals surface area contributed by atoms with Crippen LogP contribution in [0.25, 0.3) is 11.2 Å². The monoisotopic (exact) mass is 445 g/mol. The molecule has 3 heterocycles. The molecule has 0 saturated heterocycles. The van der Waals surface area contributed by atoms with Gasteiger partial charge in [-0.2, -0.15) is 0 Å². The molecule has 1 aliphatic rings. The molecule has 0 fully saturated rings. The molecule has 0 spiro atoms. The van der Waals surface area contributed by atoms with Crippen LogP contribution in [-0.4, -0.2) is 52.4 Å². The second-order valence-electron chi connectivity index (χ2n) is 6.42. The molecule has 0 unspecified atom stereocenters. The number of aromatic nitrogens is 4. The van der Waals surface area contributed by atoms with Crippen molar-refractivity contribution in [2.75, 3.05) is 26.1 Å². The highest BCUT2D eigenvalue weighted by molar-refractivity contribution is 7.48. The van der Waals surface area contributed by atoms with Gasteiger partial charge < -0.3 is 10.1 Å². The highest BCUT2D eigenvalue weighted by atomic mass is 31.2. The number of phosphoric acid groups is 1. The van der Waals surface area contributed by atoms with Gasteiger partial charge in [0.25, 0.3) is 5.91 Å². The molecule has 0 radical (unpaired) electrons. The van der Waals surface area contributed by atoms with Crippen molar-refractivity contribution in [3.8, 4) is 0 Å². The number of carbonyl (C=O) groups excluding carboxylic acids is 1. The summed E-state index contributed by atoms with van der Waals surface area (Å²) < 4.78 is 34.3. The van der Waals surface area contributed by atoms with Crippen LogP contribution in [0.4, 0.5) is 5.82 Å². The molecule has 2 aromatic heterocycles. The third-order valence-corrected chi connectivity index (χ3v) is 5.91. The highest BCUT2D eigenvalue weighted by Gasteiger charge is 2.28. The van der Waals surface area contributed by atoms with Gasteiger partial charge >= 0.3 is 7.82 Å². The summed E-state index contributed by atoms with van der Waals surface area (Å²) in [5.74, 6) is -0.00863. The Labute approximate surface area is 177 Å². The first-order valence-corrected chi connectivity index (χ1v) is 10.7. The van der Waals surface area contributed by atoms with Crippen LogP contribution in [0.1, 0.15) is 16.6 Å². The number of fused-ring (bicyclic) bond motifs is 1. The zero-order valence-electron chi connectivity index (χ0n) is 16.7. The summed E-state index contributed by atoms with van der Waals surface area (Å²) in [7, 11) is -1.11. The van der Waals surface area contributed by atoms with E-state index in [4.69, 9.17) is 18.3 Å². The summed E-state index contributed by atoms with van der Waals surface area (Å²) in [5, 5.41) is 2.76. The Morgan fingerprint density at radius 1 is 1.16 bits per heavy atom. The van der Waals surface area contributed by atoms with Gasteiger partial charge in [-0.3, -0.25) is 22.9 Å². The van der Waals surface area contributed by atoms with Crippen molar-refractivity contribution in [2.45, 2.75) is 12.3 Å². The Morgan fingerprint density at radius 3 is 2.68 bits per heavy atom. The van der Waals surface area contributed by atoms with Crippen LogP contribution in [0.2, 0.25) is 0 Å². The number of benzene rings is 1. The van der Waals surface area contributed by atoms with Crippen molar-refractivity contribution in [3.63, 3.8) is 0 Å². The van der Waals surface area contributed by atoms with E-state index in [9.17, 15) is 9.36 Å². The van der Waals surface area contributed by atoms with Crippen molar-refractivity contribution in [2.24, 2.45) is 0 Å². The standard InChI is InChI=1S/C19H20N5O6P/c1-27-31(26,28-2)29-10-14-8-9-15(30-14)24-12-22-16-17(20-11-21-18(16)24)23-19(25)13-6-4-3-5-7-13/h3-9,11-12,14-15H,10H2,1-2H3,(H,20,21,23,25)/t14-,15+/m0/s1. The molecule has 4 rings (SSSR count). The first-order valence-electron chi connectivity index (χ1n) is 9.27. The van der Waals surface area contributed by atoms with Gasteiger partial charge in [-0.15, -0.1) is 0 Å². The molecule has 11 nitrogen and oxygen atoms in total. The number of imidazole rings is 1. The van der Waals surface area contributed by atoms with Crippen LogP contribution in [-0.2, 0) is 22.9 Å². The number of nitrogens with zero attached hydrogens (tertiary/aromatic N) is 4. The van der Waals surface area contributed by atoms with E-state index in [2.05, 4.69) is 20.3 Å². The zero-order valence-corrected chi connectivity index (χ0v) is 17.6. The van der Waals surface area contributed by atoms with Crippen LogP contribution in [0, 0.1) is 0 Å². The minimum atomic E-state index is -3.59. The quantitative estimate of drug-likeness (QED) is 0.411. The van der Waals surface area contributed by atoms with Crippen molar-refractivity contribution >= 4 is 30.7 Å². The molecule has 1 N–H and O–H groups in total. The van der Waals surface area contributed by atoms with Crippen LogP contribution in [0.5, 0.6) is 0 Å². The van der Waals surface area contributed by atoms with Crippen LogP contribution < -0.4 is 5.32 Å². The number of anilines is 1. The molecule has 3 aromatic rings. The Hall–Kier alpha value is -2.95. The van der Waals surface area contributed by atoms with E-state index in [1.54, 1.807) is 47.3 Å². The van der Waals surface area contributed by atoms with E-state index in [1.165, 1.54) is 20.5 Å². The Kier molecular flexibility index (Phi) is 6.21. The van der Waals surface area contributed by atoms with E-state index < -0.39 is 20.2 Å². The summed E-state index contributed by atoms with van der Waals surface area (Å²) in [5.41, 5.74) is 1.41. The number of ether oxygens (including phenoxy) is 1. The van der Waals surface area contributed by atoms with Gasteiger partial charge in [0.15, 0.2) is 23.2 Å². The van der Waals surface area contributed by atoms with E-state index in [-0.39, 0.29) is 12.5 Å². The van der Waals surface area contributed by atoms with E-state index >= 15 is 0 Å². The molecule has 1 aliphatic heterocycles. The van der Waals surface area contributed by atoms with Crippen LogP contribution in [0.3, 0.4) is 0 Å². The molecule has 2 atom stereocenters. The lowest BCUT2D eigenvalue weighted by molar-refractivity contribution is -0.00872. The summed E-state index contributed by atoms with van der Waals surface area (Å²) in [4.78, 5) is 25.2. The number of nitrogens with one attached hydrogen (secondary N) is 1. The largest absolute Gasteiger partial charge is 0.474 e. The SMILES string of the molecule is COP(=O)(OC)OC[C@@H]1C=C[C@H](n2cnc3c(NC(=O)c4ccccc4)ncnc32)O1. The fourth-order valence-electron chi connectivity index (χ4n) is 2.99. The van der Waals surface area contributed by atoms with E-state index in [0.29, 0.717) is 22.5 Å². The van der Waals surface area contributed by atoms with Gasteiger partial charge in [-0.25, -0.2) is 19.5 Å². The second-order valence-corrected chi connectivity index (χ2v) is 8.31. The summed E-state index contributed by atoms with van der Waals surface area (Å²) >= 11 is 0.